The Morgan fingerprint density at radius 2 is 1.50 bits per heavy atom. The summed E-state index contributed by atoms with van der Waals surface area (Å²) in [4.78, 5) is 30.4. The maximum absolute atomic E-state index is 11.3. The predicted octanol–water partition coefficient (Wildman–Crippen LogP) is 5.58. The highest BCUT2D eigenvalue weighted by Crippen LogP contribution is 2.31. The molecule has 136 valence electrons. The highest BCUT2D eigenvalue weighted by Gasteiger charge is 2.09. The molecule has 5 nitrogen and oxygen atoms in total. The molecule has 0 amide bonds. The van der Waals surface area contributed by atoms with Crippen molar-refractivity contribution in [1.29, 1.82) is 0 Å². The maximum Gasteiger partial charge on any atom is 0.259 e. The van der Waals surface area contributed by atoms with Gasteiger partial charge in [0.15, 0.2) is 0 Å². The van der Waals surface area contributed by atoms with E-state index in [4.69, 9.17) is 11.6 Å². The number of hydrogen-bond acceptors (Lipinski definition) is 6. The molecule has 1 N–H and O–H groups in total. The lowest BCUT2D eigenvalue weighted by Crippen LogP contribution is -2.03. The third-order valence-corrected chi connectivity index (χ3v) is 6.78. The lowest BCUT2D eigenvalue weighted by molar-refractivity contribution is 0.890. The van der Waals surface area contributed by atoms with Gasteiger partial charge in [-0.2, -0.15) is 0 Å². The summed E-state index contributed by atoms with van der Waals surface area (Å²) >= 11 is 9.20. The van der Waals surface area contributed by atoms with Crippen LogP contribution in [0, 0.1) is 0 Å². The summed E-state index contributed by atoms with van der Waals surface area (Å²) in [5, 5.41) is 2.22. The van der Waals surface area contributed by atoms with Gasteiger partial charge >= 0.3 is 0 Å². The van der Waals surface area contributed by atoms with E-state index in [9.17, 15) is 4.79 Å². The molecule has 0 aliphatic heterocycles. The molecule has 4 rings (SSSR count). The van der Waals surface area contributed by atoms with Crippen molar-refractivity contribution >= 4 is 54.7 Å². The molecule has 0 saturated carbocycles. The van der Waals surface area contributed by atoms with E-state index >= 15 is 0 Å². The molecular weight excluding hydrogens is 388 g/mol. The third kappa shape index (κ3) is 3.95. The molecular formula is C18H19ClN4OS2. The summed E-state index contributed by atoms with van der Waals surface area (Å²) in [6.45, 7) is 8.54. The van der Waals surface area contributed by atoms with Crippen LogP contribution in [0.3, 0.4) is 0 Å². The Labute approximate surface area is 164 Å². The van der Waals surface area contributed by atoms with Crippen molar-refractivity contribution in [2.24, 2.45) is 0 Å². The van der Waals surface area contributed by atoms with Gasteiger partial charge in [0.25, 0.3) is 5.56 Å². The van der Waals surface area contributed by atoms with E-state index in [-0.39, 0.29) is 5.56 Å². The third-order valence-electron chi connectivity index (χ3n) is 3.79. The molecule has 0 aliphatic carbocycles. The zero-order valence-electron chi connectivity index (χ0n) is 14.9. The molecule has 4 heterocycles. The van der Waals surface area contributed by atoms with E-state index in [0.717, 1.165) is 15.0 Å². The quantitative estimate of drug-likeness (QED) is 0.441. The van der Waals surface area contributed by atoms with Gasteiger partial charge in [0.05, 0.1) is 11.7 Å². The largest absolute Gasteiger partial charge is 0.313 e. The number of nitrogens with one attached hydrogen (secondary N) is 1. The fraction of sp³-hybridized carbons (Fsp3) is 0.333. The molecule has 8 heteroatoms. The second kappa shape index (κ2) is 7.82. The number of fused-ring (bicyclic) bond motifs is 2. The van der Waals surface area contributed by atoms with E-state index in [0.29, 0.717) is 22.4 Å². The van der Waals surface area contributed by atoms with Gasteiger partial charge in [-0.05, 0) is 24.0 Å². The first-order chi connectivity index (χ1) is 12.4. The molecule has 0 aliphatic rings. The van der Waals surface area contributed by atoms with Crippen molar-refractivity contribution in [3.05, 3.63) is 50.0 Å². The second-order valence-corrected chi connectivity index (χ2v) is 8.92. The van der Waals surface area contributed by atoms with Crippen molar-refractivity contribution in [2.75, 3.05) is 0 Å². The number of H-pyrrole nitrogens is 1. The zero-order valence-corrected chi connectivity index (χ0v) is 17.3. The van der Waals surface area contributed by atoms with Gasteiger partial charge < -0.3 is 4.98 Å². The van der Waals surface area contributed by atoms with E-state index in [1.54, 1.807) is 22.7 Å². The molecule has 26 heavy (non-hydrogen) atoms. The molecule has 0 fully saturated rings. The van der Waals surface area contributed by atoms with Crippen molar-refractivity contribution in [2.45, 2.75) is 39.5 Å². The Hall–Kier alpha value is -1.83. The number of aromatic amines is 1. The van der Waals surface area contributed by atoms with E-state index < -0.39 is 0 Å². The Morgan fingerprint density at radius 1 is 0.923 bits per heavy atom. The summed E-state index contributed by atoms with van der Waals surface area (Å²) in [5.41, 5.74) is -0.0480. The van der Waals surface area contributed by atoms with Crippen LogP contribution in [0.5, 0.6) is 0 Å². The van der Waals surface area contributed by atoms with Gasteiger partial charge in [0.2, 0.25) is 0 Å². The van der Waals surface area contributed by atoms with Gasteiger partial charge in [0.1, 0.15) is 21.1 Å². The van der Waals surface area contributed by atoms with Crippen LogP contribution in [0.4, 0.5) is 0 Å². The minimum atomic E-state index is -0.0480. The van der Waals surface area contributed by atoms with Gasteiger partial charge in [0, 0.05) is 15.1 Å². The molecule has 0 saturated heterocycles. The average molecular weight is 407 g/mol. The Bertz CT molecular complexity index is 1100. The first kappa shape index (κ1) is 18.9. The molecule has 0 spiro atoms. The van der Waals surface area contributed by atoms with Crippen LogP contribution in [0.15, 0.2) is 29.6 Å². The van der Waals surface area contributed by atoms with Gasteiger partial charge in [-0.1, -0.05) is 39.3 Å². The SMILES string of the molecule is CC(C)c1cc2c(=O)[nH]cnc2s1.CC(C)c1cc2c(Cl)ncnc2s1. The molecule has 0 radical (unpaired) electrons. The van der Waals surface area contributed by atoms with Crippen LogP contribution in [0.25, 0.3) is 20.4 Å². The molecule has 4 aromatic heterocycles. The smallest absolute Gasteiger partial charge is 0.259 e. The number of halogens is 1. The second-order valence-electron chi connectivity index (χ2n) is 6.44. The number of aromatic nitrogens is 4. The summed E-state index contributed by atoms with van der Waals surface area (Å²) in [7, 11) is 0. The highest BCUT2D eigenvalue weighted by molar-refractivity contribution is 7.19. The van der Waals surface area contributed by atoms with Crippen molar-refractivity contribution in [1.82, 2.24) is 19.9 Å². The first-order valence-electron chi connectivity index (χ1n) is 8.24. The number of rotatable bonds is 2. The lowest BCUT2D eigenvalue weighted by atomic mass is 10.2. The van der Waals surface area contributed by atoms with Crippen LogP contribution in [-0.2, 0) is 0 Å². The predicted molar refractivity (Wildman–Crippen MR) is 111 cm³/mol. The molecule has 0 bridgehead atoms. The maximum atomic E-state index is 11.3. The summed E-state index contributed by atoms with van der Waals surface area (Å²) < 4.78 is 0. The standard InChI is InChI=1S/C9H9ClN2S.C9H10N2OS/c1-5(2)7-3-6-8(10)11-4-12-9(6)13-7;1-5(2)7-3-6-8(12)10-4-11-9(6)13-7/h3-5H,1-2H3;3-5H,1-2H3,(H,10,11,12). The van der Waals surface area contributed by atoms with Crippen molar-refractivity contribution in [3.8, 4) is 0 Å². The number of nitrogens with zero attached hydrogens (tertiary/aromatic N) is 3. The van der Waals surface area contributed by atoms with Crippen LogP contribution < -0.4 is 5.56 Å². The van der Waals surface area contributed by atoms with Crippen LogP contribution in [-0.4, -0.2) is 19.9 Å². The topological polar surface area (TPSA) is 71.5 Å². The Balaban J connectivity index is 0.000000151. The van der Waals surface area contributed by atoms with Crippen LogP contribution >= 0.6 is 34.3 Å². The van der Waals surface area contributed by atoms with E-state index in [2.05, 4.69) is 53.7 Å². The van der Waals surface area contributed by atoms with Gasteiger partial charge in [-0.15, -0.1) is 22.7 Å². The zero-order chi connectivity index (χ0) is 18.8. The van der Waals surface area contributed by atoms with Gasteiger partial charge in [-0.25, -0.2) is 15.0 Å². The molecule has 0 aromatic carbocycles. The molecule has 0 atom stereocenters. The monoisotopic (exact) mass is 406 g/mol. The summed E-state index contributed by atoms with van der Waals surface area (Å²) in [6.07, 6.45) is 2.95. The van der Waals surface area contributed by atoms with E-state index in [1.807, 2.05) is 6.07 Å². The highest BCUT2D eigenvalue weighted by atomic mass is 35.5. The van der Waals surface area contributed by atoms with Gasteiger partial charge in [-0.3, -0.25) is 4.79 Å². The van der Waals surface area contributed by atoms with Crippen molar-refractivity contribution in [3.63, 3.8) is 0 Å². The number of thiophene rings is 2. The molecule has 0 unspecified atom stereocenters. The minimum absolute atomic E-state index is 0.0480. The normalized spacial score (nSPS) is 11.3. The fourth-order valence-electron chi connectivity index (χ4n) is 2.30. The van der Waals surface area contributed by atoms with Crippen LogP contribution in [0.1, 0.15) is 49.3 Å². The lowest BCUT2D eigenvalue weighted by Gasteiger charge is -1.95. The minimum Gasteiger partial charge on any atom is -0.313 e. The van der Waals surface area contributed by atoms with E-state index in [1.165, 1.54) is 22.4 Å². The molecule has 4 aromatic rings. The Morgan fingerprint density at radius 3 is 2.04 bits per heavy atom. The van der Waals surface area contributed by atoms with Crippen LogP contribution in [0.2, 0.25) is 5.15 Å². The summed E-state index contributed by atoms with van der Waals surface area (Å²) in [5.74, 6) is 0.980. The fourth-order valence-corrected chi connectivity index (χ4v) is 4.55. The first-order valence-corrected chi connectivity index (χ1v) is 10.2. The van der Waals surface area contributed by atoms with Crippen molar-refractivity contribution < 1.29 is 0 Å². The summed E-state index contributed by atoms with van der Waals surface area (Å²) in [6, 6.07) is 4.00. The number of hydrogen-bond donors (Lipinski definition) is 1. The Kier molecular flexibility index (Phi) is 5.70. The average Bonchev–Trinajstić information content (AvgIpc) is 3.21.